The predicted molar refractivity (Wildman–Crippen MR) is 92.2 cm³/mol. The summed E-state index contributed by atoms with van der Waals surface area (Å²) in [5, 5.41) is 5.54. The van der Waals surface area contributed by atoms with E-state index in [2.05, 4.69) is 22.2 Å². The van der Waals surface area contributed by atoms with Crippen molar-refractivity contribution in [2.45, 2.75) is 6.18 Å². The highest BCUT2D eigenvalue weighted by atomic mass is 19.4. The maximum Gasteiger partial charge on any atom is 0.417 e. The van der Waals surface area contributed by atoms with Gasteiger partial charge in [0, 0.05) is 24.8 Å². The van der Waals surface area contributed by atoms with Crippen LogP contribution in [0.3, 0.4) is 0 Å². The minimum absolute atomic E-state index is 0.262. The van der Waals surface area contributed by atoms with E-state index in [0.717, 1.165) is 12.3 Å². The molecule has 0 saturated heterocycles. The number of carbonyl (C=O) groups excluding carboxylic acids is 1. The average molecular weight is 365 g/mol. The molecule has 0 radical (unpaired) electrons. The maximum atomic E-state index is 12.4. The quantitative estimate of drug-likeness (QED) is 0.555. The molecule has 8 heteroatoms. The topological polar surface area (TPSA) is 63.2 Å². The zero-order chi connectivity index (χ0) is 19.0. The molecule has 2 N–H and O–H groups in total. The van der Waals surface area contributed by atoms with E-state index in [1.165, 1.54) is 6.07 Å². The average Bonchev–Trinajstić information content (AvgIpc) is 2.63. The monoisotopic (exact) mass is 365 g/mol. The fourth-order valence-corrected chi connectivity index (χ4v) is 1.99. The molecule has 0 aliphatic carbocycles. The summed E-state index contributed by atoms with van der Waals surface area (Å²) in [5.41, 5.74) is -0.333. The molecule has 0 atom stereocenters. The molecule has 1 aromatic heterocycles. The second-order valence-corrected chi connectivity index (χ2v) is 5.24. The molecule has 0 saturated carbocycles. The zero-order valence-corrected chi connectivity index (χ0v) is 13.8. The van der Waals surface area contributed by atoms with Gasteiger partial charge in [-0.05, 0) is 36.4 Å². The Balaban J connectivity index is 1.75. The lowest BCUT2D eigenvalue weighted by Gasteiger charge is -2.10. The predicted octanol–water partition coefficient (Wildman–Crippen LogP) is 3.51. The number of anilines is 1. The number of carbonyl (C=O) groups is 1. The van der Waals surface area contributed by atoms with Crippen molar-refractivity contribution in [1.82, 2.24) is 10.3 Å². The van der Waals surface area contributed by atoms with E-state index in [4.69, 9.17) is 4.74 Å². The summed E-state index contributed by atoms with van der Waals surface area (Å²) < 4.78 is 42.7. The highest BCUT2D eigenvalue weighted by molar-refractivity contribution is 5.94. The number of hydrogen-bond acceptors (Lipinski definition) is 4. The number of rotatable bonds is 8. The summed E-state index contributed by atoms with van der Waals surface area (Å²) in [6.45, 7) is 4.55. The number of ether oxygens (including phenoxy) is 1. The van der Waals surface area contributed by atoms with Crippen molar-refractivity contribution in [3.8, 4) is 5.75 Å². The Bertz CT molecular complexity index is 729. The van der Waals surface area contributed by atoms with Gasteiger partial charge in [0.05, 0.1) is 5.56 Å². The molecule has 1 heterocycles. The van der Waals surface area contributed by atoms with E-state index in [-0.39, 0.29) is 12.5 Å². The van der Waals surface area contributed by atoms with E-state index in [1.807, 2.05) is 0 Å². The number of amides is 1. The Morgan fingerprint density at radius 3 is 2.46 bits per heavy atom. The third-order valence-electron chi connectivity index (χ3n) is 3.29. The minimum Gasteiger partial charge on any atom is -0.490 e. The number of pyridine rings is 1. The molecule has 0 bridgehead atoms. The molecule has 1 aromatic carbocycles. The Hall–Kier alpha value is -3.03. The van der Waals surface area contributed by atoms with Crippen LogP contribution in [0.1, 0.15) is 15.9 Å². The van der Waals surface area contributed by atoms with Crippen molar-refractivity contribution >= 4 is 11.7 Å². The first-order valence-electron chi connectivity index (χ1n) is 7.79. The van der Waals surface area contributed by atoms with Crippen LogP contribution in [-0.2, 0) is 6.18 Å². The molecule has 0 spiro atoms. The molecule has 138 valence electrons. The summed E-state index contributed by atoms with van der Waals surface area (Å²) in [6.07, 6.45) is -2.03. The smallest absolute Gasteiger partial charge is 0.417 e. The van der Waals surface area contributed by atoms with Crippen LogP contribution in [0.2, 0.25) is 0 Å². The fourth-order valence-electron chi connectivity index (χ4n) is 1.99. The number of aromatic nitrogens is 1. The first kappa shape index (κ1) is 19.3. The molecule has 26 heavy (non-hydrogen) atoms. The van der Waals surface area contributed by atoms with Gasteiger partial charge in [-0.25, -0.2) is 4.98 Å². The number of nitrogens with zero attached hydrogens (tertiary/aromatic N) is 1. The molecule has 1 amide bonds. The Morgan fingerprint density at radius 2 is 1.88 bits per heavy atom. The van der Waals surface area contributed by atoms with Gasteiger partial charge < -0.3 is 15.4 Å². The normalized spacial score (nSPS) is 10.9. The van der Waals surface area contributed by atoms with Gasteiger partial charge in [-0.3, -0.25) is 4.79 Å². The van der Waals surface area contributed by atoms with Crippen LogP contribution < -0.4 is 15.4 Å². The van der Waals surface area contributed by atoms with E-state index in [1.54, 1.807) is 30.3 Å². The number of hydrogen-bond donors (Lipinski definition) is 2. The first-order chi connectivity index (χ1) is 12.4. The Labute approximate surface area is 148 Å². The van der Waals surface area contributed by atoms with Gasteiger partial charge >= 0.3 is 6.18 Å². The molecule has 0 unspecified atom stereocenters. The van der Waals surface area contributed by atoms with Crippen LogP contribution in [0.25, 0.3) is 0 Å². The lowest BCUT2D eigenvalue weighted by molar-refractivity contribution is -0.137. The van der Waals surface area contributed by atoms with Gasteiger partial charge in [-0.1, -0.05) is 12.7 Å². The number of nitrogens with one attached hydrogen (secondary N) is 2. The van der Waals surface area contributed by atoms with Gasteiger partial charge in [0.25, 0.3) is 5.91 Å². The van der Waals surface area contributed by atoms with Crippen LogP contribution in [0.5, 0.6) is 5.75 Å². The molecular weight excluding hydrogens is 347 g/mol. The van der Waals surface area contributed by atoms with Crippen LogP contribution >= 0.6 is 0 Å². The van der Waals surface area contributed by atoms with E-state index >= 15 is 0 Å². The standard InChI is InChI=1S/C18H18F3N3O2/c1-2-11-26-15-6-3-13(4-7-15)17(25)23-10-9-22-16-8-5-14(12-24-16)18(19,20)21/h2-8,12H,1,9-11H2,(H,22,24)(H,23,25). The van der Waals surface area contributed by atoms with Crippen LogP contribution in [0.4, 0.5) is 19.0 Å². The summed E-state index contributed by atoms with van der Waals surface area (Å²) in [7, 11) is 0. The SMILES string of the molecule is C=CCOc1ccc(C(=O)NCCNc2ccc(C(F)(F)F)cn2)cc1. The molecule has 2 aromatic rings. The third kappa shape index (κ3) is 5.80. The molecule has 0 aliphatic heterocycles. The van der Waals surface area contributed by atoms with Crippen molar-refractivity contribution in [1.29, 1.82) is 0 Å². The fraction of sp³-hybridized carbons (Fsp3) is 0.222. The number of alkyl halides is 3. The first-order valence-corrected chi connectivity index (χ1v) is 7.79. The Morgan fingerprint density at radius 1 is 1.15 bits per heavy atom. The highest BCUT2D eigenvalue weighted by Crippen LogP contribution is 2.28. The lowest BCUT2D eigenvalue weighted by atomic mass is 10.2. The molecule has 2 rings (SSSR count). The molecule has 0 fully saturated rings. The summed E-state index contributed by atoms with van der Waals surface area (Å²) in [4.78, 5) is 15.7. The number of halogens is 3. The van der Waals surface area contributed by atoms with Gasteiger partial charge in [0.2, 0.25) is 0 Å². The molecule has 0 aliphatic rings. The van der Waals surface area contributed by atoms with Gasteiger partial charge in [0.15, 0.2) is 0 Å². The summed E-state index contributed by atoms with van der Waals surface area (Å²) in [6, 6.07) is 8.83. The van der Waals surface area contributed by atoms with E-state index in [0.29, 0.717) is 30.3 Å². The van der Waals surface area contributed by atoms with Crippen molar-refractivity contribution in [3.05, 3.63) is 66.4 Å². The third-order valence-corrected chi connectivity index (χ3v) is 3.29. The molecule has 5 nitrogen and oxygen atoms in total. The minimum atomic E-state index is -4.41. The second kappa shape index (κ2) is 8.89. The van der Waals surface area contributed by atoms with Crippen molar-refractivity contribution in [3.63, 3.8) is 0 Å². The summed E-state index contributed by atoms with van der Waals surface area (Å²) in [5.74, 6) is 0.676. The van der Waals surface area contributed by atoms with Crippen molar-refractivity contribution < 1.29 is 22.7 Å². The zero-order valence-electron chi connectivity index (χ0n) is 13.8. The largest absolute Gasteiger partial charge is 0.490 e. The second-order valence-electron chi connectivity index (χ2n) is 5.24. The van der Waals surface area contributed by atoms with E-state index < -0.39 is 11.7 Å². The van der Waals surface area contributed by atoms with Gasteiger partial charge in [0.1, 0.15) is 18.2 Å². The Kier molecular flexibility index (Phi) is 6.60. The number of benzene rings is 1. The maximum absolute atomic E-state index is 12.4. The van der Waals surface area contributed by atoms with E-state index in [9.17, 15) is 18.0 Å². The highest BCUT2D eigenvalue weighted by Gasteiger charge is 2.30. The lowest BCUT2D eigenvalue weighted by Crippen LogP contribution is -2.28. The van der Waals surface area contributed by atoms with Crippen LogP contribution in [0, 0.1) is 0 Å². The van der Waals surface area contributed by atoms with Crippen LogP contribution in [-0.4, -0.2) is 30.6 Å². The van der Waals surface area contributed by atoms with Gasteiger partial charge in [-0.2, -0.15) is 13.2 Å². The van der Waals surface area contributed by atoms with Gasteiger partial charge in [-0.15, -0.1) is 0 Å². The summed E-state index contributed by atoms with van der Waals surface area (Å²) >= 11 is 0. The van der Waals surface area contributed by atoms with Crippen LogP contribution in [0.15, 0.2) is 55.3 Å². The molecular formula is C18H18F3N3O2. The van der Waals surface area contributed by atoms with Crippen molar-refractivity contribution in [2.24, 2.45) is 0 Å². The van der Waals surface area contributed by atoms with Crippen molar-refractivity contribution in [2.75, 3.05) is 25.0 Å².